The number of benzene rings is 9. The minimum atomic E-state index is 0.526. The van der Waals surface area contributed by atoms with Gasteiger partial charge < -0.3 is 8.98 Å². The molecule has 0 aliphatic heterocycles. The first-order chi connectivity index (χ1) is 30.7. The van der Waals surface area contributed by atoms with Crippen LogP contribution in [-0.2, 0) is 0 Å². The summed E-state index contributed by atoms with van der Waals surface area (Å²) in [6.45, 7) is 0. The molecule has 288 valence electrons. The van der Waals surface area contributed by atoms with Crippen LogP contribution in [0.3, 0.4) is 0 Å². The van der Waals surface area contributed by atoms with E-state index in [1.807, 2.05) is 30.3 Å². The number of hydrogen-bond donors (Lipinski definition) is 0. The lowest BCUT2D eigenvalue weighted by Gasteiger charge is -2.12. The van der Waals surface area contributed by atoms with Gasteiger partial charge in [-0.2, -0.15) is 0 Å². The maximum absolute atomic E-state index is 6.46. The summed E-state index contributed by atoms with van der Waals surface area (Å²) in [5.74, 6) is 1.67. The number of hydrogen-bond acceptors (Lipinski definition) is 5. The first-order valence-electron chi connectivity index (χ1n) is 20.8. The van der Waals surface area contributed by atoms with Gasteiger partial charge in [-0.3, -0.25) is 4.98 Å². The number of para-hydroxylation sites is 1. The Morgan fingerprint density at radius 1 is 0.387 bits per heavy atom. The number of aromatic nitrogens is 5. The fraction of sp³-hybridized carbons (Fsp3) is 0. The molecule has 13 aromatic rings. The number of fused-ring (bicyclic) bond motifs is 10. The Morgan fingerprint density at radius 2 is 1.00 bits per heavy atom. The summed E-state index contributed by atoms with van der Waals surface area (Å²) in [6.07, 6.45) is 1.79. The fourth-order valence-electron chi connectivity index (χ4n) is 9.28. The van der Waals surface area contributed by atoms with E-state index in [9.17, 15) is 0 Å². The average molecular weight is 792 g/mol. The molecular formula is C56H33N5O. The van der Waals surface area contributed by atoms with Gasteiger partial charge in [0.1, 0.15) is 11.1 Å². The monoisotopic (exact) mass is 791 g/mol. The van der Waals surface area contributed by atoms with Gasteiger partial charge in [-0.15, -0.1) is 0 Å². The van der Waals surface area contributed by atoms with Crippen molar-refractivity contribution in [2.45, 2.75) is 0 Å². The zero-order valence-corrected chi connectivity index (χ0v) is 33.2. The topological polar surface area (TPSA) is 69.6 Å². The molecule has 6 heteroatoms. The van der Waals surface area contributed by atoms with Crippen LogP contribution in [0.2, 0.25) is 0 Å². The summed E-state index contributed by atoms with van der Waals surface area (Å²) >= 11 is 0. The van der Waals surface area contributed by atoms with E-state index < -0.39 is 0 Å². The van der Waals surface area contributed by atoms with Gasteiger partial charge in [0.25, 0.3) is 0 Å². The van der Waals surface area contributed by atoms with Crippen LogP contribution in [0.4, 0.5) is 0 Å². The van der Waals surface area contributed by atoms with Crippen LogP contribution in [-0.4, -0.2) is 24.5 Å². The van der Waals surface area contributed by atoms with Gasteiger partial charge in [0.15, 0.2) is 23.1 Å². The first-order valence-corrected chi connectivity index (χ1v) is 20.8. The Bertz CT molecular complexity index is 3960. The molecule has 0 bridgehead atoms. The molecule has 62 heavy (non-hydrogen) atoms. The highest BCUT2D eigenvalue weighted by Crippen LogP contribution is 2.40. The van der Waals surface area contributed by atoms with Crippen LogP contribution < -0.4 is 0 Å². The fourth-order valence-corrected chi connectivity index (χ4v) is 9.28. The second-order valence-electron chi connectivity index (χ2n) is 15.9. The summed E-state index contributed by atoms with van der Waals surface area (Å²) in [4.78, 5) is 20.2. The number of nitrogens with zero attached hydrogens (tertiary/aromatic N) is 5. The maximum atomic E-state index is 6.46. The van der Waals surface area contributed by atoms with Gasteiger partial charge in [0, 0.05) is 39.2 Å². The van der Waals surface area contributed by atoms with Crippen LogP contribution in [0.25, 0.3) is 127 Å². The summed E-state index contributed by atoms with van der Waals surface area (Å²) in [6, 6.07) is 68.4. The van der Waals surface area contributed by atoms with Gasteiger partial charge in [-0.05, 0) is 110 Å². The molecule has 0 saturated carbocycles. The summed E-state index contributed by atoms with van der Waals surface area (Å²) < 4.78 is 8.83. The summed E-state index contributed by atoms with van der Waals surface area (Å²) in [5.41, 5.74) is 10.4. The van der Waals surface area contributed by atoms with Crippen LogP contribution in [0.5, 0.6) is 0 Å². The number of furan rings is 1. The number of rotatable bonds is 5. The van der Waals surface area contributed by atoms with Crippen molar-refractivity contribution in [3.8, 4) is 51.0 Å². The highest BCUT2D eigenvalue weighted by atomic mass is 16.3. The lowest BCUT2D eigenvalue weighted by Crippen LogP contribution is -2.01. The van der Waals surface area contributed by atoms with E-state index >= 15 is 0 Å². The third-order valence-electron chi connectivity index (χ3n) is 12.2. The lowest BCUT2D eigenvalue weighted by atomic mass is 9.98. The van der Waals surface area contributed by atoms with E-state index in [-0.39, 0.29) is 0 Å². The van der Waals surface area contributed by atoms with Crippen molar-refractivity contribution in [1.29, 1.82) is 0 Å². The molecule has 0 aliphatic rings. The highest BCUT2D eigenvalue weighted by Gasteiger charge is 2.20. The summed E-state index contributed by atoms with van der Waals surface area (Å²) in [5, 5.41) is 10.5. The van der Waals surface area contributed by atoms with E-state index in [1.54, 1.807) is 6.20 Å². The van der Waals surface area contributed by atoms with Crippen molar-refractivity contribution in [3.05, 3.63) is 200 Å². The molecule has 4 aromatic heterocycles. The third kappa shape index (κ3) is 5.44. The van der Waals surface area contributed by atoms with E-state index in [0.29, 0.717) is 23.1 Å². The smallest absolute Gasteiger partial charge is 0.167 e. The zero-order chi connectivity index (χ0) is 40.7. The minimum absolute atomic E-state index is 0.526. The van der Waals surface area contributed by atoms with Crippen LogP contribution >= 0.6 is 0 Å². The Hall–Kier alpha value is -8.48. The molecule has 9 aromatic carbocycles. The van der Waals surface area contributed by atoms with Gasteiger partial charge in [-0.25, -0.2) is 15.0 Å². The average Bonchev–Trinajstić information content (AvgIpc) is 3.89. The Balaban J connectivity index is 1.02. The normalized spacial score (nSPS) is 11.9. The molecule has 0 aliphatic carbocycles. The van der Waals surface area contributed by atoms with E-state index in [4.69, 9.17) is 19.4 Å². The second kappa shape index (κ2) is 13.5. The second-order valence-corrected chi connectivity index (χ2v) is 15.9. The van der Waals surface area contributed by atoms with Crippen LogP contribution in [0, 0.1) is 0 Å². The SMILES string of the molecule is c1cc(-c2nc(-c3ccc4ccccc4c3)nc(-c3cccc4c3oc3cccnc34)n2)cc(-n2c3ccc(-c4ccc5ccccc5c4)cc3c3c4ccccc4ccc32)c1. The zero-order valence-electron chi connectivity index (χ0n) is 33.2. The standard InChI is InChI=1S/C56H33N5O/c1-3-13-37-30-39(23-21-34(37)10-1)40-26-27-48-47(33-40)51-44-17-6-5-12-36(44)25-28-49(51)61(48)43-16-7-15-41(32-43)54-58-55(42-24-22-35-11-2-4-14-38(35)31-42)60-56(59-54)46-19-8-18-45-52-50(62-53(45)46)20-9-29-57-52/h1-33H. The van der Waals surface area contributed by atoms with Gasteiger partial charge >= 0.3 is 0 Å². The molecule has 0 amide bonds. The predicted molar refractivity (Wildman–Crippen MR) is 254 cm³/mol. The predicted octanol–water partition coefficient (Wildman–Crippen LogP) is 14.4. The lowest BCUT2D eigenvalue weighted by molar-refractivity contribution is 0.668. The quantitative estimate of drug-likeness (QED) is 0.174. The van der Waals surface area contributed by atoms with Crippen molar-refractivity contribution in [3.63, 3.8) is 0 Å². The van der Waals surface area contributed by atoms with E-state index in [2.05, 4.69) is 173 Å². The van der Waals surface area contributed by atoms with E-state index in [1.165, 1.54) is 43.4 Å². The minimum Gasteiger partial charge on any atom is -0.454 e. The van der Waals surface area contributed by atoms with Crippen molar-refractivity contribution in [2.75, 3.05) is 0 Å². The van der Waals surface area contributed by atoms with Crippen LogP contribution in [0.15, 0.2) is 205 Å². The highest BCUT2D eigenvalue weighted by molar-refractivity contribution is 6.22. The largest absolute Gasteiger partial charge is 0.454 e. The van der Waals surface area contributed by atoms with Gasteiger partial charge in [0.2, 0.25) is 0 Å². The molecular weight excluding hydrogens is 759 g/mol. The molecule has 0 unspecified atom stereocenters. The molecule has 13 rings (SSSR count). The Kier molecular flexibility index (Phi) is 7.50. The molecule has 0 saturated heterocycles. The number of pyridine rings is 1. The molecule has 0 radical (unpaired) electrons. The Labute approximate surface area is 355 Å². The molecule has 6 nitrogen and oxygen atoms in total. The van der Waals surface area contributed by atoms with Crippen molar-refractivity contribution < 1.29 is 4.42 Å². The molecule has 4 heterocycles. The molecule has 0 atom stereocenters. The Morgan fingerprint density at radius 3 is 1.82 bits per heavy atom. The maximum Gasteiger partial charge on any atom is 0.167 e. The van der Waals surface area contributed by atoms with Crippen molar-refractivity contribution in [1.82, 2.24) is 24.5 Å². The van der Waals surface area contributed by atoms with Gasteiger partial charge in [-0.1, -0.05) is 127 Å². The summed E-state index contributed by atoms with van der Waals surface area (Å²) in [7, 11) is 0. The van der Waals surface area contributed by atoms with Crippen molar-refractivity contribution >= 4 is 76.2 Å². The van der Waals surface area contributed by atoms with Gasteiger partial charge in [0.05, 0.1) is 16.6 Å². The molecule has 0 fully saturated rings. The first kappa shape index (κ1) is 34.4. The van der Waals surface area contributed by atoms with E-state index in [0.717, 1.165) is 60.7 Å². The molecule has 0 N–H and O–H groups in total. The van der Waals surface area contributed by atoms with Crippen molar-refractivity contribution in [2.24, 2.45) is 0 Å². The molecule has 0 spiro atoms. The van der Waals surface area contributed by atoms with Crippen LogP contribution in [0.1, 0.15) is 0 Å². The third-order valence-corrected chi connectivity index (χ3v) is 12.2.